The summed E-state index contributed by atoms with van der Waals surface area (Å²) >= 11 is 13.8. The van der Waals surface area contributed by atoms with Crippen LogP contribution in [0.25, 0.3) is 11.3 Å². The number of hydrogen-bond acceptors (Lipinski definition) is 5. The van der Waals surface area contributed by atoms with Crippen LogP contribution in [0.5, 0.6) is 5.75 Å². The van der Waals surface area contributed by atoms with Crippen molar-refractivity contribution in [2.75, 3.05) is 5.43 Å². The lowest BCUT2D eigenvalue weighted by atomic mass is 10.2. The zero-order valence-electron chi connectivity index (χ0n) is 15.8. The lowest BCUT2D eigenvalue weighted by Crippen LogP contribution is -1.96. The van der Waals surface area contributed by atoms with Gasteiger partial charge in [-0.15, -0.1) is 11.3 Å². The molecule has 0 aliphatic rings. The number of aromatic nitrogens is 1. The van der Waals surface area contributed by atoms with Gasteiger partial charge in [-0.1, -0.05) is 65.7 Å². The maximum absolute atomic E-state index is 6.35. The van der Waals surface area contributed by atoms with Crippen LogP contribution >= 0.6 is 34.5 Å². The van der Waals surface area contributed by atoms with E-state index in [9.17, 15) is 0 Å². The molecule has 0 unspecified atom stereocenters. The van der Waals surface area contributed by atoms with E-state index in [1.807, 2.05) is 78.2 Å². The molecule has 0 amide bonds. The van der Waals surface area contributed by atoms with Crippen LogP contribution in [-0.4, -0.2) is 11.2 Å². The maximum Gasteiger partial charge on any atom is 0.203 e. The number of hydrazone groups is 1. The lowest BCUT2D eigenvalue weighted by Gasteiger charge is -2.08. The fraction of sp³-hybridized carbons (Fsp3) is 0.0435. The van der Waals surface area contributed by atoms with Gasteiger partial charge in [0.2, 0.25) is 5.13 Å². The van der Waals surface area contributed by atoms with Crippen LogP contribution in [-0.2, 0) is 6.61 Å². The van der Waals surface area contributed by atoms with Gasteiger partial charge in [0.15, 0.2) is 0 Å². The molecule has 0 saturated carbocycles. The fourth-order valence-corrected chi connectivity index (χ4v) is 3.73. The summed E-state index contributed by atoms with van der Waals surface area (Å²) in [6.07, 6.45) is 1.69. The van der Waals surface area contributed by atoms with Gasteiger partial charge >= 0.3 is 0 Å². The summed E-state index contributed by atoms with van der Waals surface area (Å²) in [7, 11) is 0. The first-order valence-electron chi connectivity index (χ1n) is 9.14. The molecule has 1 heterocycles. The number of rotatable bonds is 7. The van der Waals surface area contributed by atoms with Gasteiger partial charge in [-0.3, -0.25) is 5.43 Å². The Morgan fingerprint density at radius 3 is 2.57 bits per heavy atom. The highest BCUT2D eigenvalue weighted by atomic mass is 35.5. The quantitative estimate of drug-likeness (QED) is 0.238. The molecular weight excluding hydrogens is 437 g/mol. The van der Waals surface area contributed by atoms with E-state index in [0.29, 0.717) is 27.5 Å². The Balaban J connectivity index is 1.35. The topological polar surface area (TPSA) is 46.5 Å². The average Bonchev–Trinajstić information content (AvgIpc) is 3.23. The summed E-state index contributed by atoms with van der Waals surface area (Å²) in [5.41, 5.74) is 6.77. The molecule has 0 radical (unpaired) electrons. The molecule has 4 nitrogen and oxygen atoms in total. The number of hydrogen-bond donors (Lipinski definition) is 1. The van der Waals surface area contributed by atoms with Crippen molar-refractivity contribution < 1.29 is 4.74 Å². The summed E-state index contributed by atoms with van der Waals surface area (Å²) in [6, 6.07) is 23.1. The highest BCUT2D eigenvalue weighted by Crippen LogP contribution is 2.27. The second kappa shape index (κ2) is 9.76. The van der Waals surface area contributed by atoms with Crippen LogP contribution < -0.4 is 10.2 Å². The number of nitrogens with one attached hydrogen (secondary N) is 1. The molecule has 0 atom stereocenters. The Morgan fingerprint density at radius 1 is 1.00 bits per heavy atom. The summed E-state index contributed by atoms with van der Waals surface area (Å²) in [4.78, 5) is 4.53. The molecule has 0 fully saturated rings. The summed E-state index contributed by atoms with van der Waals surface area (Å²) in [5, 5.41) is 8.16. The standard InChI is InChI=1S/C23H17Cl2N3OS/c24-19-9-7-18(8-10-19)21-15-30-23(27-21)28-26-13-17-6-11-22(20(25)12-17)29-14-16-4-2-1-3-5-16/h1-13,15H,14H2,(H,27,28)/b26-13-. The molecule has 0 saturated heterocycles. The zero-order valence-corrected chi connectivity index (χ0v) is 18.1. The summed E-state index contributed by atoms with van der Waals surface area (Å²) in [5.74, 6) is 0.637. The highest BCUT2D eigenvalue weighted by molar-refractivity contribution is 7.14. The Bertz CT molecular complexity index is 1140. The molecule has 30 heavy (non-hydrogen) atoms. The molecule has 1 N–H and O–H groups in total. The molecule has 7 heteroatoms. The largest absolute Gasteiger partial charge is 0.487 e. The van der Waals surface area contributed by atoms with Crippen molar-refractivity contribution in [3.8, 4) is 17.0 Å². The van der Waals surface area contributed by atoms with Gasteiger partial charge in [-0.05, 0) is 41.5 Å². The molecule has 0 spiro atoms. The molecule has 1 aromatic heterocycles. The molecule has 4 rings (SSSR count). The molecule has 0 aliphatic heterocycles. The van der Waals surface area contributed by atoms with Gasteiger partial charge in [-0.2, -0.15) is 5.10 Å². The molecule has 0 aliphatic carbocycles. The van der Waals surface area contributed by atoms with Crippen LogP contribution in [0.1, 0.15) is 11.1 Å². The van der Waals surface area contributed by atoms with Crippen molar-refractivity contribution in [3.05, 3.63) is 99.3 Å². The van der Waals surface area contributed by atoms with Crippen molar-refractivity contribution in [2.24, 2.45) is 5.10 Å². The third kappa shape index (κ3) is 5.39. The third-order valence-electron chi connectivity index (χ3n) is 4.21. The number of halogens is 2. The number of ether oxygens (including phenoxy) is 1. The van der Waals surface area contributed by atoms with Gasteiger partial charge in [0.25, 0.3) is 0 Å². The van der Waals surface area contributed by atoms with E-state index in [0.717, 1.165) is 22.4 Å². The van der Waals surface area contributed by atoms with E-state index >= 15 is 0 Å². The lowest BCUT2D eigenvalue weighted by molar-refractivity contribution is 0.306. The van der Waals surface area contributed by atoms with Crippen LogP contribution in [0.3, 0.4) is 0 Å². The predicted octanol–water partition coefficient (Wildman–Crippen LogP) is 7.14. The van der Waals surface area contributed by atoms with Crippen molar-refractivity contribution in [3.63, 3.8) is 0 Å². The smallest absolute Gasteiger partial charge is 0.203 e. The predicted molar refractivity (Wildman–Crippen MR) is 126 cm³/mol. The monoisotopic (exact) mass is 453 g/mol. The minimum absolute atomic E-state index is 0.468. The second-order valence-electron chi connectivity index (χ2n) is 6.38. The maximum atomic E-state index is 6.35. The van der Waals surface area contributed by atoms with Crippen molar-refractivity contribution in [2.45, 2.75) is 6.61 Å². The molecule has 150 valence electrons. The molecule has 4 aromatic rings. The first-order chi connectivity index (χ1) is 14.7. The Kier molecular flexibility index (Phi) is 6.64. The minimum Gasteiger partial charge on any atom is -0.487 e. The van der Waals surface area contributed by atoms with Crippen molar-refractivity contribution in [1.82, 2.24) is 4.98 Å². The third-order valence-corrected chi connectivity index (χ3v) is 5.51. The fourth-order valence-electron chi connectivity index (χ4n) is 2.69. The number of anilines is 1. The van der Waals surface area contributed by atoms with E-state index in [1.54, 1.807) is 6.21 Å². The van der Waals surface area contributed by atoms with Crippen molar-refractivity contribution in [1.29, 1.82) is 0 Å². The summed E-state index contributed by atoms with van der Waals surface area (Å²) in [6.45, 7) is 0.468. The molecule has 0 bridgehead atoms. The van der Waals surface area contributed by atoms with Gasteiger partial charge in [0.1, 0.15) is 12.4 Å². The van der Waals surface area contributed by atoms with Gasteiger partial charge in [0.05, 0.1) is 16.9 Å². The van der Waals surface area contributed by atoms with E-state index < -0.39 is 0 Å². The van der Waals surface area contributed by atoms with Gasteiger partial charge in [0, 0.05) is 16.0 Å². The Morgan fingerprint density at radius 2 is 1.80 bits per heavy atom. The van der Waals surface area contributed by atoms with Crippen molar-refractivity contribution >= 4 is 45.9 Å². The van der Waals surface area contributed by atoms with Crippen LogP contribution in [0.4, 0.5) is 5.13 Å². The summed E-state index contributed by atoms with van der Waals surface area (Å²) < 4.78 is 5.80. The minimum atomic E-state index is 0.468. The van der Waals surface area contributed by atoms with Crippen LogP contribution in [0.2, 0.25) is 10.0 Å². The van der Waals surface area contributed by atoms with E-state index in [-0.39, 0.29) is 0 Å². The normalized spacial score (nSPS) is 11.0. The molecule has 3 aromatic carbocycles. The number of benzene rings is 3. The van der Waals surface area contributed by atoms with E-state index in [2.05, 4.69) is 15.5 Å². The van der Waals surface area contributed by atoms with E-state index in [4.69, 9.17) is 27.9 Å². The first kappa shape index (κ1) is 20.4. The highest BCUT2D eigenvalue weighted by Gasteiger charge is 2.05. The van der Waals surface area contributed by atoms with Crippen LogP contribution in [0, 0.1) is 0 Å². The first-order valence-corrected chi connectivity index (χ1v) is 10.8. The Labute approximate surface area is 188 Å². The number of nitrogens with zero attached hydrogens (tertiary/aromatic N) is 2. The van der Waals surface area contributed by atoms with E-state index in [1.165, 1.54) is 11.3 Å². The SMILES string of the molecule is Clc1ccc(-c2csc(N/N=C\c3ccc(OCc4ccccc4)c(Cl)c3)n2)cc1. The van der Waals surface area contributed by atoms with Crippen LogP contribution in [0.15, 0.2) is 83.3 Å². The average molecular weight is 454 g/mol. The Hall–Kier alpha value is -2.86. The van der Waals surface area contributed by atoms with Gasteiger partial charge < -0.3 is 4.74 Å². The molecular formula is C23H17Cl2N3OS. The zero-order chi connectivity index (χ0) is 20.8. The second-order valence-corrected chi connectivity index (χ2v) is 8.08. The number of thiazole rings is 1. The van der Waals surface area contributed by atoms with Gasteiger partial charge in [-0.25, -0.2) is 4.98 Å².